The minimum absolute atomic E-state index is 0.0487. The summed E-state index contributed by atoms with van der Waals surface area (Å²) in [4.78, 5) is 11.8. The first-order valence-electron chi connectivity index (χ1n) is 8.37. The molecule has 0 spiro atoms. The lowest BCUT2D eigenvalue weighted by atomic mass is 9.91. The third kappa shape index (κ3) is 3.46. The lowest BCUT2D eigenvalue weighted by molar-refractivity contribution is -0.942. The van der Waals surface area contributed by atoms with Crippen LogP contribution in [0, 0.1) is 22.0 Å². The fourth-order valence-electron chi connectivity index (χ4n) is 3.61. The molecule has 0 bridgehead atoms. The molecule has 128 valence electrons. The second-order valence-corrected chi connectivity index (χ2v) is 6.98. The Hall–Kier alpha value is -2.28. The molecular formula is C17H23N4O3+. The van der Waals surface area contributed by atoms with Crippen LogP contribution in [0.25, 0.3) is 11.5 Å². The van der Waals surface area contributed by atoms with Crippen molar-refractivity contribution in [1.29, 1.82) is 0 Å². The summed E-state index contributed by atoms with van der Waals surface area (Å²) in [6, 6.07) is 6.31. The number of benzene rings is 1. The Morgan fingerprint density at radius 3 is 2.42 bits per heavy atom. The number of nitro benzene ring substituents is 1. The smallest absolute Gasteiger partial charge is 0.274 e. The van der Waals surface area contributed by atoms with Crippen LogP contribution < -0.4 is 4.90 Å². The van der Waals surface area contributed by atoms with E-state index >= 15 is 0 Å². The number of rotatable bonds is 4. The highest BCUT2D eigenvalue weighted by atomic mass is 16.6. The average molecular weight is 331 g/mol. The molecule has 1 fully saturated rings. The molecule has 3 atom stereocenters. The fourth-order valence-corrected chi connectivity index (χ4v) is 3.61. The van der Waals surface area contributed by atoms with Crippen LogP contribution in [0.5, 0.6) is 0 Å². The van der Waals surface area contributed by atoms with Gasteiger partial charge in [0.15, 0.2) is 6.04 Å². The summed E-state index contributed by atoms with van der Waals surface area (Å²) < 4.78 is 5.84. The number of non-ortho nitro benzene ring substituents is 1. The number of nitrogens with one attached hydrogen (secondary N) is 1. The van der Waals surface area contributed by atoms with Crippen LogP contribution in [0.2, 0.25) is 0 Å². The first kappa shape index (κ1) is 16.6. The van der Waals surface area contributed by atoms with Crippen molar-refractivity contribution >= 4 is 5.69 Å². The second-order valence-electron chi connectivity index (χ2n) is 6.98. The topological polar surface area (TPSA) is 86.5 Å². The van der Waals surface area contributed by atoms with Gasteiger partial charge in [-0.3, -0.25) is 10.1 Å². The van der Waals surface area contributed by atoms with Crippen molar-refractivity contribution in [2.24, 2.45) is 11.8 Å². The van der Waals surface area contributed by atoms with E-state index in [2.05, 4.69) is 31.0 Å². The van der Waals surface area contributed by atoms with E-state index in [4.69, 9.17) is 4.42 Å². The monoisotopic (exact) mass is 331 g/mol. The number of quaternary nitrogens is 1. The number of hydrogen-bond donors (Lipinski definition) is 1. The van der Waals surface area contributed by atoms with Crippen LogP contribution in [0.4, 0.5) is 5.69 Å². The zero-order chi connectivity index (χ0) is 17.3. The molecule has 0 unspecified atom stereocenters. The first-order valence-corrected chi connectivity index (χ1v) is 8.37. The molecule has 1 aliphatic heterocycles. The maximum Gasteiger partial charge on any atom is 0.274 e. The van der Waals surface area contributed by atoms with E-state index in [1.165, 1.54) is 23.5 Å². The van der Waals surface area contributed by atoms with E-state index in [0.717, 1.165) is 13.1 Å². The summed E-state index contributed by atoms with van der Waals surface area (Å²) in [6.45, 7) is 8.92. The van der Waals surface area contributed by atoms with Crippen LogP contribution in [0.1, 0.15) is 39.1 Å². The molecule has 3 rings (SSSR count). The molecule has 0 aliphatic carbocycles. The molecule has 2 aromatic rings. The van der Waals surface area contributed by atoms with Gasteiger partial charge in [-0.25, -0.2) is 0 Å². The van der Waals surface area contributed by atoms with Gasteiger partial charge in [0, 0.05) is 29.5 Å². The van der Waals surface area contributed by atoms with Crippen LogP contribution in [-0.2, 0) is 0 Å². The SMILES string of the molecule is C[C@@H]1C[C@@H](C)C[NH+]([C@@H](C)c2nnc(-c3ccc([N+](=O)[O-])cc3)o2)C1. The lowest BCUT2D eigenvalue weighted by Gasteiger charge is -2.34. The van der Waals surface area contributed by atoms with Crippen molar-refractivity contribution in [3.63, 3.8) is 0 Å². The maximum atomic E-state index is 10.7. The number of likely N-dealkylation sites (tertiary alicyclic amines) is 1. The highest BCUT2D eigenvalue weighted by molar-refractivity contribution is 5.55. The Balaban J connectivity index is 1.76. The molecule has 1 saturated heterocycles. The van der Waals surface area contributed by atoms with Gasteiger partial charge in [0.05, 0.1) is 18.0 Å². The Morgan fingerprint density at radius 1 is 1.21 bits per heavy atom. The highest BCUT2D eigenvalue weighted by Gasteiger charge is 2.32. The molecule has 0 radical (unpaired) electrons. The zero-order valence-corrected chi connectivity index (χ0v) is 14.2. The molecular weight excluding hydrogens is 308 g/mol. The minimum atomic E-state index is -0.423. The molecule has 1 N–H and O–H groups in total. The van der Waals surface area contributed by atoms with E-state index in [1.807, 2.05) is 0 Å². The van der Waals surface area contributed by atoms with Crippen molar-refractivity contribution in [2.75, 3.05) is 13.1 Å². The van der Waals surface area contributed by atoms with Crippen molar-refractivity contribution < 1.29 is 14.2 Å². The summed E-state index contributed by atoms with van der Waals surface area (Å²) in [5.74, 6) is 2.43. The largest absolute Gasteiger partial charge is 0.415 e. The van der Waals surface area contributed by atoms with E-state index in [1.54, 1.807) is 12.1 Å². The lowest BCUT2D eigenvalue weighted by Crippen LogP contribution is -3.14. The van der Waals surface area contributed by atoms with Gasteiger partial charge in [-0.05, 0) is 25.5 Å². The molecule has 1 aromatic carbocycles. The van der Waals surface area contributed by atoms with Gasteiger partial charge in [-0.2, -0.15) is 0 Å². The zero-order valence-electron chi connectivity index (χ0n) is 14.2. The molecule has 7 nitrogen and oxygen atoms in total. The molecule has 0 amide bonds. The predicted molar refractivity (Wildman–Crippen MR) is 88.4 cm³/mol. The molecule has 2 heterocycles. The van der Waals surface area contributed by atoms with Gasteiger partial charge in [-0.1, -0.05) is 13.8 Å². The predicted octanol–water partition coefficient (Wildman–Crippen LogP) is 2.27. The molecule has 7 heteroatoms. The summed E-state index contributed by atoms with van der Waals surface area (Å²) in [6.07, 6.45) is 1.27. The van der Waals surface area contributed by atoms with Gasteiger partial charge in [-0.15, -0.1) is 10.2 Å². The van der Waals surface area contributed by atoms with Crippen LogP contribution >= 0.6 is 0 Å². The summed E-state index contributed by atoms with van der Waals surface area (Å²) in [7, 11) is 0. The highest BCUT2D eigenvalue weighted by Crippen LogP contribution is 2.23. The quantitative estimate of drug-likeness (QED) is 0.686. The van der Waals surface area contributed by atoms with E-state index in [0.29, 0.717) is 29.2 Å². The molecule has 1 aliphatic rings. The van der Waals surface area contributed by atoms with Crippen LogP contribution in [0.15, 0.2) is 28.7 Å². The van der Waals surface area contributed by atoms with Gasteiger partial charge >= 0.3 is 0 Å². The van der Waals surface area contributed by atoms with Crippen molar-refractivity contribution in [3.8, 4) is 11.5 Å². The standard InChI is InChI=1S/C17H22N4O3/c1-11-8-12(2)10-20(9-11)13(3)16-18-19-17(24-16)14-4-6-15(7-5-14)21(22)23/h4-7,11-13H,8-10H2,1-3H3/p+1/t11-,12-,13+/m1/s1. The van der Waals surface area contributed by atoms with Gasteiger partial charge in [0.2, 0.25) is 5.89 Å². The second kappa shape index (κ2) is 6.68. The normalized spacial score (nSPS) is 25.4. The third-order valence-corrected chi connectivity index (χ3v) is 4.77. The van der Waals surface area contributed by atoms with Gasteiger partial charge < -0.3 is 9.32 Å². The molecule has 0 saturated carbocycles. The number of nitrogens with zero attached hydrogens (tertiary/aromatic N) is 3. The summed E-state index contributed by atoms with van der Waals surface area (Å²) in [5.41, 5.74) is 0.745. The number of hydrogen-bond acceptors (Lipinski definition) is 5. The Kier molecular flexibility index (Phi) is 4.62. The fraction of sp³-hybridized carbons (Fsp3) is 0.529. The minimum Gasteiger partial charge on any atom is -0.415 e. The summed E-state index contributed by atoms with van der Waals surface area (Å²) in [5, 5.41) is 19.0. The number of aromatic nitrogens is 2. The molecule has 24 heavy (non-hydrogen) atoms. The Bertz CT molecular complexity index is 703. The van der Waals surface area contributed by atoms with Crippen molar-refractivity contribution in [1.82, 2.24) is 10.2 Å². The van der Waals surface area contributed by atoms with Crippen molar-refractivity contribution in [3.05, 3.63) is 40.3 Å². The van der Waals surface area contributed by atoms with Crippen molar-refractivity contribution in [2.45, 2.75) is 33.2 Å². The molecule has 1 aromatic heterocycles. The maximum absolute atomic E-state index is 10.7. The average Bonchev–Trinajstić information content (AvgIpc) is 3.03. The number of piperidine rings is 1. The van der Waals surface area contributed by atoms with Gasteiger partial charge in [0.1, 0.15) is 0 Å². The van der Waals surface area contributed by atoms with E-state index in [-0.39, 0.29) is 11.7 Å². The van der Waals surface area contributed by atoms with E-state index < -0.39 is 4.92 Å². The van der Waals surface area contributed by atoms with Crippen LogP contribution in [0.3, 0.4) is 0 Å². The summed E-state index contributed by atoms with van der Waals surface area (Å²) >= 11 is 0. The van der Waals surface area contributed by atoms with E-state index in [9.17, 15) is 10.1 Å². The number of nitro groups is 1. The van der Waals surface area contributed by atoms with Gasteiger partial charge in [0.25, 0.3) is 11.6 Å². The third-order valence-electron chi connectivity index (χ3n) is 4.77. The van der Waals surface area contributed by atoms with Crippen LogP contribution in [-0.4, -0.2) is 28.2 Å². The first-order chi connectivity index (χ1) is 11.4. The Morgan fingerprint density at radius 2 is 1.83 bits per heavy atom. The Labute approximate surface area is 140 Å².